The molecule has 2 fully saturated rings. The van der Waals surface area contributed by atoms with E-state index in [1.165, 1.54) is 0 Å². The average Bonchev–Trinajstić information content (AvgIpc) is 3.51. The van der Waals surface area contributed by atoms with Gasteiger partial charge in [0.1, 0.15) is 17.5 Å². The summed E-state index contributed by atoms with van der Waals surface area (Å²) in [6.45, 7) is 0. The van der Waals surface area contributed by atoms with Crippen molar-refractivity contribution in [1.82, 2.24) is 15.2 Å². The Kier molecular flexibility index (Phi) is 5.18. The van der Waals surface area contributed by atoms with E-state index in [1.807, 2.05) is 0 Å². The van der Waals surface area contributed by atoms with Gasteiger partial charge in [-0.2, -0.15) is 5.26 Å². The Hall–Kier alpha value is -3.01. The predicted octanol–water partition coefficient (Wildman–Crippen LogP) is 2.59. The number of aryl methyl sites for hydroxylation is 1. The van der Waals surface area contributed by atoms with Gasteiger partial charge in [-0.1, -0.05) is 12.8 Å². The fraction of sp³-hybridized carbons (Fsp3) is 0.500. The Morgan fingerprint density at radius 3 is 2.69 bits per heavy atom. The van der Waals surface area contributed by atoms with E-state index in [-0.39, 0.29) is 35.4 Å². The van der Waals surface area contributed by atoms with Crippen molar-refractivity contribution in [3.63, 3.8) is 0 Å². The molecule has 3 unspecified atom stereocenters. The minimum atomic E-state index is -0.424. The normalized spacial score (nSPS) is 22.6. The van der Waals surface area contributed by atoms with Crippen LogP contribution in [0.3, 0.4) is 0 Å². The molecule has 0 bridgehead atoms. The molecule has 0 saturated heterocycles. The van der Waals surface area contributed by atoms with Crippen molar-refractivity contribution in [2.45, 2.75) is 50.6 Å². The second-order valence-corrected chi connectivity index (χ2v) is 8.26. The molecule has 29 heavy (non-hydrogen) atoms. The highest BCUT2D eigenvalue weighted by molar-refractivity contribution is 5.99. The first-order chi connectivity index (χ1) is 14.0. The third-order valence-corrected chi connectivity index (χ3v) is 6.21. The molecule has 0 spiro atoms. The van der Waals surface area contributed by atoms with Crippen LogP contribution in [0.25, 0.3) is 10.9 Å². The van der Waals surface area contributed by atoms with Gasteiger partial charge in [0, 0.05) is 24.5 Å². The van der Waals surface area contributed by atoms with E-state index in [0.29, 0.717) is 12.1 Å². The SMILES string of the molecule is Cn1c(C(=O)NC2CCCCC2C(=O)NC(C#N)C2CC2)cc2ccc(O)cc21. The quantitative estimate of drug-likeness (QED) is 0.724. The third-order valence-electron chi connectivity index (χ3n) is 6.21. The summed E-state index contributed by atoms with van der Waals surface area (Å²) in [5.41, 5.74) is 1.26. The Morgan fingerprint density at radius 2 is 1.97 bits per heavy atom. The molecule has 0 radical (unpaired) electrons. The second-order valence-electron chi connectivity index (χ2n) is 8.26. The van der Waals surface area contributed by atoms with Gasteiger partial charge < -0.3 is 20.3 Å². The van der Waals surface area contributed by atoms with Gasteiger partial charge in [-0.25, -0.2) is 0 Å². The zero-order valence-corrected chi connectivity index (χ0v) is 16.5. The van der Waals surface area contributed by atoms with Crippen molar-refractivity contribution in [2.24, 2.45) is 18.9 Å². The van der Waals surface area contributed by atoms with Crippen LogP contribution < -0.4 is 10.6 Å². The maximum atomic E-state index is 13.0. The van der Waals surface area contributed by atoms with Gasteiger partial charge in [-0.3, -0.25) is 9.59 Å². The number of aromatic hydroxyl groups is 1. The van der Waals surface area contributed by atoms with Crippen molar-refractivity contribution < 1.29 is 14.7 Å². The van der Waals surface area contributed by atoms with Crippen LogP contribution in [0, 0.1) is 23.2 Å². The van der Waals surface area contributed by atoms with Gasteiger partial charge in [0.05, 0.1) is 17.5 Å². The molecular formula is C22H26N4O3. The standard InChI is InChI=1S/C22H26N4O3/c1-26-19-11-15(27)9-8-14(19)10-20(26)22(29)24-17-5-3-2-4-16(17)21(28)25-18(12-23)13-6-7-13/h8-11,13,16-18,27H,2-7H2,1H3,(H,24,29)(H,25,28). The lowest BCUT2D eigenvalue weighted by Gasteiger charge is -2.31. The van der Waals surface area contributed by atoms with Gasteiger partial charge in [0.25, 0.3) is 5.91 Å². The van der Waals surface area contributed by atoms with E-state index >= 15 is 0 Å². The topological polar surface area (TPSA) is 107 Å². The highest BCUT2D eigenvalue weighted by Gasteiger charge is 2.37. The molecule has 2 saturated carbocycles. The summed E-state index contributed by atoms with van der Waals surface area (Å²) < 4.78 is 1.75. The molecular weight excluding hydrogens is 368 g/mol. The minimum Gasteiger partial charge on any atom is -0.508 e. The number of nitriles is 1. The van der Waals surface area contributed by atoms with Gasteiger partial charge in [0.15, 0.2) is 0 Å². The fourth-order valence-electron chi connectivity index (χ4n) is 4.34. The zero-order chi connectivity index (χ0) is 20.5. The Morgan fingerprint density at radius 1 is 1.21 bits per heavy atom. The van der Waals surface area contributed by atoms with Gasteiger partial charge >= 0.3 is 0 Å². The smallest absolute Gasteiger partial charge is 0.268 e. The number of hydrogen-bond donors (Lipinski definition) is 3. The first-order valence-corrected chi connectivity index (χ1v) is 10.3. The number of phenols is 1. The first kappa shape index (κ1) is 19.3. The number of aromatic nitrogens is 1. The number of benzene rings is 1. The molecule has 2 aliphatic rings. The lowest BCUT2D eigenvalue weighted by molar-refractivity contribution is -0.127. The summed E-state index contributed by atoms with van der Waals surface area (Å²) in [5, 5.41) is 25.8. The summed E-state index contributed by atoms with van der Waals surface area (Å²) in [5.74, 6) is -0.256. The van der Waals surface area contributed by atoms with E-state index in [2.05, 4.69) is 16.7 Å². The number of amides is 2. The number of carbonyl (C=O) groups is 2. The van der Waals surface area contributed by atoms with Gasteiger partial charge in [-0.05, 0) is 49.8 Å². The van der Waals surface area contributed by atoms with Gasteiger partial charge in [-0.15, -0.1) is 0 Å². The van der Waals surface area contributed by atoms with Crippen LogP contribution in [0.2, 0.25) is 0 Å². The highest BCUT2D eigenvalue weighted by atomic mass is 16.3. The van der Waals surface area contributed by atoms with Crippen LogP contribution in [0.15, 0.2) is 24.3 Å². The van der Waals surface area contributed by atoms with Crippen molar-refractivity contribution in [1.29, 1.82) is 5.26 Å². The highest BCUT2D eigenvalue weighted by Crippen LogP contribution is 2.33. The second kappa shape index (κ2) is 7.78. The van der Waals surface area contributed by atoms with Crippen molar-refractivity contribution in [3.05, 3.63) is 30.0 Å². The predicted molar refractivity (Wildman–Crippen MR) is 108 cm³/mol. The maximum absolute atomic E-state index is 13.0. The van der Waals surface area contributed by atoms with Crippen molar-refractivity contribution in [2.75, 3.05) is 0 Å². The monoisotopic (exact) mass is 394 g/mol. The number of nitrogens with one attached hydrogen (secondary N) is 2. The number of rotatable bonds is 5. The van der Waals surface area contributed by atoms with E-state index in [4.69, 9.17) is 0 Å². The Bertz CT molecular complexity index is 986. The minimum absolute atomic E-state index is 0.129. The number of fused-ring (bicyclic) bond motifs is 1. The molecule has 3 N–H and O–H groups in total. The summed E-state index contributed by atoms with van der Waals surface area (Å²) in [7, 11) is 1.79. The number of carbonyl (C=O) groups excluding carboxylic acids is 2. The van der Waals surface area contributed by atoms with E-state index in [1.54, 1.807) is 35.9 Å². The van der Waals surface area contributed by atoms with E-state index < -0.39 is 6.04 Å². The first-order valence-electron chi connectivity index (χ1n) is 10.3. The van der Waals surface area contributed by atoms with Crippen molar-refractivity contribution >= 4 is 22.7 Å². The molecule has 1 heterocycles. The number of nitrogens with zero attached hydrogens (tertiary/aromatic N) is 2. The van der Waals surface area contributed by atoms with Gasteiger partial charge in [0.2, 0.25) is 5.91 Å². The summed E-state index contributed by atoms with van der Waals surface area (Å²) in [6.07, 6.45) is 5.33. The largest absolute Gasteiger partial charge is 0.508 e. The molecule has 1 aromatic heterocycles. The molecule has 3 atom stereocenters. The van der Waals surface area contributed by atoms with E-state index in [9.17, 15) is 20.0 Å². The Balaban J connectivity index is 1.49. The molecule has 2 amide bonds. The van der Waals surface area contributed by atoms with Crippen LogP contribution in [0.4, 0.5) is 0 Å². The fourth-order valence-corrected chi connectivity index (χ4v) is 4.34. The lowest BCUT2D eigenvalue weighted by atomic mass is 9.83. The molecule has 1 aromatic carbocycles. The molecule has 4 rings (SSSR count). The van der Waals surface area contributed by atoms with Crippen LogP contribution >= 0.6 is 0 Å². The Labute approximate surface area is 169 Å². The number of phenolic OH excluding ortho intramolecular Hbond substituents is 1. The molecule has 7 heteroatoms. The molecule has 2 aromatic rings. The zero-order valence-electron chi connectivity index (χ0n) is 16.5. The third kappa shape index (κ3) is 3.93. The summed E-state index contributed by atoms with van der Waals surface area (Å²) in [6, 6.07) is 8.32. The van der Waals surface area contributed by atoms with Crippen LogP contribution in [-0.4, -0.2) is 33.6 Å². The van der Waals surface area contributed by atoms with E-state index in [0.717, 1.165) is 43.0 Å². The summed E-state index contributed by atoms with van der Waals surface area (Å²) in [4.78, 5) is 25.8. The molecule has 2 aliphatic carbocycles. The number of hydrogen-bond acceptors (Lipinski definition) is 4. The van der Waals surface area contributed by atoms with Crippen molar-refractivity contribution in [3.8, 4) is 11.8 Å². The lowest BCUT2D eigenvalue weighted by Crippen LogP contribution is -2.50. The van der Waals surface area contributed by atoms with Crippen LogP contribution in [0.1, 0.15) is 49.0 Å². The molecule has 152 valence electrons. The van der Waals surface area contributed by atoms with Crippen LogP contribution in [-0.2, 0) is 11.8 Å². The average molecular weight is 394 g/mol. The maximum Gasteiger partial charge on any atom is 0.268 e. The molecule has 0 aliphatic heterocycles. The molecule has 7 nitrogen and oxygen atoms in total. The summed E-state index contributed by atoms with van der Waals surface area (Å²) >= 11 is 0. The van der Waals surface area contributed by atoms with Crippen LogP contribution in [0.5, 0.6) is 5.75 Å².